The number of nitrogens with two attached hydrogens (primary N) is 1. The Morgan fingerprint density at radius 1 is 1.30 bits per heavy atom. The maximum Gasteiger partial charge on any atom is 0.261 e. The van der Waals surface area contributed by atoms with Gasteiger partial charge in [0.2, 0.25) is 0 Å². The second-order valence-electron chi connectivity index (χ2n) is 7.95. The second-order valence-corrected chi connectivity index (χ2v) is 8.39. The highest BCUT2D eigenvalue weighted by Gasteiger charge is 2.42. The van der Waals surface area contributed by atoms with E-state index in [1.54, 1.807) is 25.1 Å². The van der Waals surface area contributed by atoms with Gasteiger partial charge in [-0.3, -0.25) is 4.79 Å². The summed E-state index contributed by atoms with van der Waals surface area (Å²) in [5.41, 5.74) is 0.244. The van der Waals surface area contributed by atoms with Crippen LogP contribution in [0.5, 0.6) is 5.75 Å². The Hall–Kier alpha value is -1.26. The second kappa shape index (κ2) is 6.70. The summed E-state index contributed by atoms with van der Waals surface area (Å²) < 4.78 is 5.70. The molecule has 2 rings (SSSR count). The number of carbonyl (C=O) groups is 1. The molecular weight excluding hydrogens is 312 g/mol. The van der Waals surface area contributed by atoms with Crippen LogP contribution in [-0.2, 0) is 4.79 Å². The van der Waals surface area contributed by atoms with Crippen LogP contribution in [0.3, 0.4) is 0 Å². The van der Waals surface area contributed by atoms with Crippen LogP contribution in [0, 0.1) is 0 Å². The van der Waals surface area contributed by atoms with E-state index in [4.69, 9.17) is 16.3 Å². The quantitative estimate of drug-likeness (QED) is 0.885. The van der Waals surface area contributed by atoms with E-state index in [1.807, 2.05) is 6.07 Å². The van der Waals surface area contributed by atoms with Gasteiger partial charge in [0.25, 0.3) is 5.91 Å². The molecule has 23 heavy (non-hydrogen) atoms. The Morgan fingerprint density at radius 2 is 1.91 bits per heavy atom. The molecule has 1 heterocycles. The first kappa shape index (κ1) is 18.1. The van der Waals surface area contributed by atoms with Crippen LogP contribution >= 0.6 is 11.6 Å². The van der Waals surface area contributed by atoms with Crippen LogP contribution in [0.2, 0.25) is 5.02 Å². The average Bonchev–Trinajstić information content (AvgIpc) is 2.34. The zero-order chi connectivity index (χ0) is 17.3. The minimum atomic E-state index is -0.550. The molecule has 0 spiro atoms. The topological polar surface area (TPSA) is 54.9 Å². The fraction of sp³-hybridized carbons (Fsp3) is 0.611. The molecule has 0 bridgehead atoms. The maximum absolute atomic E-state index is 12.4. The van der Waals surface area contributed by atoms with E-state index in [0.717, 1.165) is 12.8 Å². The Bertz CT molecular complexity index is 556. The van der Waals surface area contributed by atoms with E-state index >= 15 is 0 Å². The van der Waals surface area contributed by atoms with Crippen molar-refractivity contribution in [1.29, 1.82) is 0 Å². The fourth-order valence-electron chi connectivity index (χ4n) is 3.74. The zero-order valence-electron chi connectivity index (χ0n) is 14.7. The molecule has 1 aliphatic rings. The van der Waals surface area contributed by atoms with Crippen molar-refractivity contribution in [3.63, 3.8) is 0 Å². The summed E-state index contributed by atoms with van der Waals surface area (Å²) in [6.45, 7) is 10.7. The van der Waals surface area contributed by atoms with E-state index in [-0.39, 0.29) is 23.0 Å². The van der Waals surface area contributed by atoms with Gasteiger partial charge >= 0.3 is 0 Å². The lowest BCUT2D eigenvalue weighted by molar-refractivity contribution is -0.787. The Kier molecular flexibility index (Phi) is 5.27. The summed E-state index contributed by atoms with van der Waals surface area (Å²) in [6.07, 6.45) is 1.35. The molecule has 5 heteroatoms. The summed E-state index contributed by atoms with van der Waals surface area (Å²) in [7, 11) is 0. The SMILES string of the molecule is C[C@H](Oc1cccc(Cl)c1)C(=O)NC1CC(C)(C)[NH2+]C(C)(C)C1. The summed E-state index contributed by atoms with van der Waals surface area (Å²) in [4.78, 5) is 12.4. The highest BCUT2D eigenvalue weighted by Crippen LogP contribution is 2.22. The molecule has 1 fully saturated rings. The normalized spacial score (nSPS) is 21.5. The molecule has 1 amide bonds. The minimum absolute atomic E-state index is 0.0801. The zero-order valence-corrected chi connectivity index (χ0v) is 15.4. The van der Waals surface area contributed by atoms with E-state index < -0.39 is 6.10 Å². The van der Waals surface area contributed by atoms with Gasteiger partial charge < -0.3 is 15.4 Å². The molecule has 1 aromatic carbocycles. The molecular formula is C18H28ClN2O2+. The van der Waals surface area contributed by atoms with Crippen LogP contribution in [0.15, 0.2) is 24.3 Å². The molecule has 0 unspecified atom stereocenters. The van der Waals surface area contributed by atoms with E-state index in [0.29, 0.717) is 10.8 Å². The predicted molar refractivity (Wildman–Crippen MR) is 92.8 cm³/mol. The average molecular weight is 340 g/mol. The van der Waals surface area contributed by atoms with Crippen molar-refractivity contribution in [2.45, 2.75) is 70.7 Å². The molecule has 0 radical (unpaired) electrons. The smallest absolute Gasteiger partial charge is 0.261 e. The first-order chi connectivity index (χ1) is 10.6. The Labute approximate surface area is 143 Å². The number of quaternary nitrogens is 1. The van der Waals surface area contributed by atoms with E-state index in [2.05, 4.69) is 38.3 Å². The van der Waals surface area contributed by atoms with Crippen LogP contribution < -0.4 is 15.4 Å². The third kappa shape index (κ3) is 5.40. The monoisotopic (exact) mass is 339 g/mol. The van der Waals surface area contributed by atoms with Crippen molar-refractivity contribution >= 4 is 17.5 Å². The van der Waals surface area contributed by atoms with Gasteiger partial charge in [-0.1, -0.05) is 17.7 Å². The molecule has 1 atom stereocenters. The lowest BCUT2D eigenvalue weighted by Gasteiger charge is -2.43. The summed E-state index contributed by atoms with van der Waals surface area (Å²) >= 11 is 5.94. The van der Waals surface area contributed by atoms with E-state index in [9.17, 15) is 4.79 Å². The number of ether oxygens (including phenoxy) is 1. The van der Waals surface area contributed by atoms with E-state index in [1.165, 1.54) is 0 Å². The number of rotatable bonds is 4. The van der Waals surface area contributed by atoms with Crippen molar-refractivity contribution in [3.8, 4) is 5.75 Å². The minimum Gasteiger partial charge on any atom is -0.481 e. The summed E-state index contributed by atoms with van der Waals surface area (Å²) in [5.74, 6) is 0.529. The van der Waals surface area contributed by atoms with Crippen LogP contribution in [-0.4, -0.2) is 29.1 Å². The lowest BCUT2D eigenvalue weighted by atomic mass is 9.79. The number of halogens is 1. The maximum atomic E-state index is 12.4. The molecule has 1 aromatic rings. The standard InChI is InChI=1S/C18H27ClN2O2/c1-12(23-15-8-6-7-13(19)9-15)16(22)20-14-10-17(2,3)21-18(4,5)11-14/h6-9,12,14,21H,10-11H2,1-5H3,(H,20,22)/p+1/t12-/m0/s1. The van der Waals surface area contributed by atoms with Gasteiger partial charge in [-0.25, -0.2) is 0 Å². The Balaban J connectivity index is 1.95. The molecule has 0 saturated carbocycles. The van der Waals surface area contributed by atoms with Gasteiger partial charge in [0.1, 0.15) is 5.75 Å². The van der Waals surface area contributed by atoms with Crippen LogP contribution in [0.25, 0.3) is 0 Å². The highest BCUT2D eigenvalue weighted by atomic mass is 35.5. The largest absolute Gasteiger partial charge is 0.481 e. The molecule has 0 aliphatic carbocycles. The fourth-order valence-corrected chi connectivity index (χ4v) is 3.92. The number of carbonyl (C=O) groups excluding carboxylic acids is 1. The molecule has 1 aliphatic heterocycles. The first-order valence-electron chi connectivity index (χ1n) is 8.16. The number of piperidine rings is 1. The number of amides is 1. The molecule has 128 valence electrons. The molecule has 4 nitrogen and oxygen atoms in total. The van der Waals surface area contributed by atoms with Gasteiger partial charge in [-0.15, -0.1) is 0 Å². The molecule has 3 N–H and O–H groups in total. The Morgan fingerprint density at radius 3 is 2.48 bits per heavy atom. The van der Waals surface area contributed by atoms with Crippen LogP contribution in [0.1, 0.15) is 47.5 Å². The van der Waals surface area contributed by atoms with Gasteiger partial charge in [0.05, 0.1) is 11.1 Å². The number of nitrogens with one attached hydrogen (secondary N) is 1. The van der Waals surface area contributed by atoms with Crippen molar-refractivity contribution in [2.75, 3.05) is 0 Å². The van der Waals surface area contributed by atoms with Gasteiger partial charge in [0.15, 0.2) is 6.10 Å². The van der Waals surface area contributed by atoms with Crippen molar-refractivity contribution in [1.82, 2.24) is 5.32 Å². The lowest BCUT2D eigenvalue weighted by Crippen LogP contribution is -3.06. The third-order valence-electron chi connectivity index (χ3n) is 4.15. The van der Waals surface area contributed by atoms with Crippen molar-refractivity contribution < 1.29 is 14.8 Å². The van der Waals surface area contributed by atoms with Crippen molar-refractivity contribution in [3.05, 3.63) is 29.3 Å². The van der Waals surface area contributed by atoms with Gasteiger partial charge in [-0.2, -0.15) is 0 Å². The van der Waals surface area contributed by atoms with Gasteiger partial charge in [0, 0.05) is 23.9 Å². The van der Waals surface area contributed by atoms with Crippen LogP contribution in [0.4, 0.5) is 0 Å². The first-order valence-corrected chi connectivity index (χ1v) is 8.54. The number of benzene rings is 1. The summed E-state index contributed by atoms with van der Waals surface area (Å²) in [6, 6.07) is 7.28. The number of hydrogen-bond donors (Lipinski definition) is 2. The highest BCUT2D eigenvalue weighted by molar-refractivity contribution is 6.30. The third-order valence-corrected chi connectivity index (χ3v) is 4.39. The number of hydrogen-bond acceptors (Lipinski definition) is 2. The predicted octanol–water partition coefficient (Wildman–Crippen LogP) is 2.51. The van der Waals surface area contributed by atoms with Gasteiger partial charge in [-0.05, 0) is 52.8 Å². The molecule has 1 saturated heterocycles. The van der Waals surface area contributed by atoms with Crippen molar-refractivity contribution in [2.24, 2.45) is 0 Å². The molecule has 0 aromatic heterocycles. The summed E-state index contributed by atoms with van der Waals surface area (Å²) in [5, 5.41) is 6.14.